The standard InChI is InChI=1S/C22H24N6O4/c1-12-4-3-5-14-18(12)32-21(23-14)13-8-10-28(11-9-13)16(29)7-6-15-24-17-19(25-15)27(2)22(31)26-20(17)30/h3-5,13H,6-11H2,1-2H3,(H,24,25)(H,26,30,31). The number of carbonyl (C=O) groups is 1. The fourth-order valence-electron chi connectivity index (χ4n) is 4.31. The molecule has 0 bridgehead atoms. The third kappa shape index (κ3) is 3.51. The largest absolute Gasteiger partial charge is 0.440 e. The van der Waals surface area contributed by atoms with E-state index in [4.69, 9.17) is 4.42 Å². The Morgan fingerprint density at radius 3 is 2.72 bits per heavy atom. The molecule has 1 fully saturated rings. The molecule has 0 unspecified atom stereocenters. The van der Waals surface area contributed by atoms with Crippen LogP contribution in [0.3, 0.4) is 0 Å². The number of nitrogens with zero attached hydrogens (tertiary/aromatic N) is 4. The molecular formula is C22H24N6O4. The number of hydrogen-bond donors (Lipinski definition) is 2. The molecule has 0 radical (unpaired) electrons. The van der Waals surface area contributed by atoms with Crippen molar-refractivity contribution in [2.75, 3.05) is 13.1 Å². The van der Waals surface area contributed by atoms with E-state index in [-0.39, 0.29) is 29.4 Å². The fourth-order valence-corrected chi connectivity index (χ4v) is 4.31. The average Bonchev–Trinajstić information content (AvgIpc) is 3.42. The number of H-pyrrole nitrogens is 2. The summed E-state index contributed by atoms with van der Waals surface area (Å²) < 4.78 is 7.29. The van der Waals surface area contributed by atoms with E-state index in [9.17, 15) is 14.4 Å². The first-order valence-electron chi connectivity index (χ1n) is 10.7. The van der Waals surface area contributed by atoms with Crippen molar-refractivity contribution in [3.05, 3.63) is 56.3 Å². The fraction of sp³-hybridized carbons (Fsp3) is 0.409. The number of carbonyl (C=O) groups excluding carboxylic acids is 1. The summed E-state index contributed by atoms with van der Waals surface area (Å²) in [5, 5.41) is 0. The molecule has 5 rings (SSSR count). The summed E-state index contributed by atoms with van der Waals surface area (Å²) in [6.07, 6.45) is 2.25. The zero-order valence-electron chi connectivity index (χ0n) is 18.0. The highest BCUT2D eigenvalue weighted by molar-refractivity contribution is 5.77. The third-order valence-electron chi connectivity index (χ3n) is 6.20. The first-order valence-corrected chi connectivity index (χ1v) is 10.7. The third-order valence-corrected chi connectivity index (χ3v) is 6.20. The zero-order chi connectivity index (χ0) is 22.4. The van der Waals surface area contributed by atoms with E-state index in [0.717, 1.165) is 35.4 Å². The highest BCUT2D eigenvalue weighted by atomic mass is 16.3. The molecule has 2 N–H and O–H groups in total. The molecular weight excluding hydrogens is 412 g/mol. The van der Waals surface area contributed by atoms with Crippen LogP contribution in [0.5, 0.6) is 0 Å². The van der Waals surface area contributed by atoms with Gasteiger partial charge in [-0.3, -0.25) is 19.1 Å². The number of amides is 1. The van der Waals surface area contributed by atoms with Crippen LogP contribution in [0.1, 0.15) is 42.5 Å². The number of likely N-dealkylation sites (tertiary alicyclic amines) is 1. The maximum absolute atomic E-state index is 12.7. The summed E-state index contributed by atoms with van der Waals surface area (Å²) in [5.74, 6) is 1.51. The average molecular weight is 436 g/mol. The van der Waals surface area contributed by atoms with Gasteiger partial charge in [0.05, 0.1) is 0 Å². The molecule has 1 amide bonds. The van der Waals surface area contributed by atoms with Crippen molar-refractivity contribution in [2.24, 2.45) is 7.05 Å². The predicted octanol–water partition coefficient (Wildman–Crippen LogP) is 1.74. The monoisotopic (exact) mass is 436 g/mol. The van der Waals surface area contributed by atoms with Gasteiger partial charge in [-0.2, -0.15) is 0 Å². The van der Waals surface area contributed by atoms with Crippen molar-refractivity contribution in [1.29, 1.82) is 0 Å². The Kier molecular flexibility index (Phi) is 4.91. The van der Waals surface area contributed by atoms with Crippen LogP contribution in [0.15, 0.2) is 32.2 Å². The second-order valence-corrected chi connectivity index (χ2v) is 8.33. The van der Waals surface area contributed by atoms with Crippen molar-refractivity contribution in [2.45, 2.75) is 38.5 Å². The normalized spacial score (nSPS) is 15.1. The highest BCUT2D eigenvalue weighted by Crippen LogP contribution is 2.31. The molecule has 166 valence electrons. The second-order valence-electron chi connectivity index (χ2n) is 8.33. The second kappa shape index (κ2) is 7.77. The van der Waals surface area contributed by atoms with E-state index in [2.05, 4.69) is 19.9 Å². The van der Waals surface area contributed by atoms with E-state index >= 15 is 0 Å². The van der Waals surface area contributed by atoms with Crippen LogP contribution < -0.4 is 11.2 Å². The van der Waals surface area contributed by atoms with Gasteiger partial charge in [0.15, 0.2) is 17.1 Å². The van der Waals surface area contributed by atoms with Crippen LogP contribution in [-0.2, 0) is 18.3 Å². The summed E-state index contributed by atoms with van der Waals surface area (Å²) in [6, 6.07) is 5.94. The lowest BCUT2D eigenvalue weighted by atomic mass is 9.96. The molecule has 4 heterocycles. The van der Waals surface area contributed by atoms with Crippen molar-refractivity contribution >= 4 is 28.2 Å². The zero-order valence-corrected chi connectivity index (χ0v) is 18.0. The van der Waals surface area contributed by atoms with Crippen LogP contribution >= 0.6 is 0 Å². The minimum absolute atomic E-state index is 0.0418. The van der Waals surface area contributed by atoms with Crippen LogP contribution in [0, 0.1) is 6.92 Å². The number of aryl methyl sites for hydroxylation is 3. The topological polar surface area (TPSA) is 130 Å². The maximum atomic E-state index is 12.7. The van der Waals surface area contributed by atoms with E-state index in [1.807, 2.05) is 30.0 Å². The Morgan fingerprint density at radius 2 is 1.97 bits per heavy atom. The summed E-state index contributed by atoms with van der Waals surface area (Å²) in [6.45, 7) is 3.31. The van der Waals surface area contributed by atoms with Crippen molar-refractivity contribution in [1.82, 2.24) is 29.4 Å². The van der Waals surface area contributed by atoms with Gasteiger partial charge in [0.1, 0.15) is 16.9 Å². The first kappa shape index (κ1) is 20.2. The van der Waals surface area contributed by atoms with Crippen LogP contribution in [0.2, 0.25) is 0 Å². The number of piperidine rings is 1. The van der Waals surface area contributed by atoms with Crippen LogP contribution in [0.25, 0.3) is 22.3 Å². The Morgan fingerprint density at radius 1 is 1.19 bits per heavy atom. The first-order chi connectivity index (χ1) is 15.4. The van der Waals surface area contributed by atoms with Gasteiger partial charge in [0.2, 0.25) is 5.91 Å². The van der Waals surface area contributed by atoms with Crippen LogP contribution in [-0.4, -0.2) is 48.4 Å². The number of aromatic amines is 2. The molecule has 0 aliphatic carbocycles. The number of imidazole rings is 1. The van der Waals surface area contributed by atoms with E-state index in [1.165, 1.54) is 4.57 Å². The Hall–Kier alpha value is -3.69. The molecule has 0 atom stereocenters. The lowest BCUT2D eigenvalue weighted by Gasteiger charge is -2.30. The summed E-state index contributed by atoms with van der Waals surface area (Å²) >= 11 is 0. The Balaban J connectivity index is 1.21. The van der Waals surface area contributed by atoms with Gasteiger partial charge in [-0.15, -0.1) is 0 Å². The molecule has 1 aliphatic heterocycles. The van der Waals surface area contributed by atoms with Crippen molar-refractivity contribution in [3.63, 3.8) is 0 Å². The van der Waals surface area contributed by atoms with Gasteiger partial charge in [0, 0.05) is 38.9 Å². The SMILES string of the molecule is Cc1cccc2nc(C3CCN(C(=O)CCc4nc5c([nH]4)c(=O)[nH]c(=O)n5C)CC3)oc12. The number of hydrogen-bond acceptors (Lipinski definition) is 6. The number of fused-ring (bicyclic) bond motifs is 2. The van der Waals surface area contributed by atoms with Crippen molar-refractivity contribution in [3.8, 4) is 0 Å². The van der Waals surface area contributed by atoms with E-state index < -0.39 is 11.2 Å². The summed E-state index contributed by atoms with van der Waals surface area (Å²) in [4.78, 5) is 52.4. The van der Waals surface area contributed by atoms with Gasteiger partial charge in [-0.25, -0.2) is 14.8 Å². The van der Waals surface area contributed by atoms with Gasteiger partial charge < -0.3 is 14.3 Å². The molecule has 1 aromatic carbocycles. The minimum Gasteiger partial charge on any atom is -0.440 e. The molecule has 10 heteroatoms. The molecule has 3 aromatic heterocycles. The quantitative estimate of drug-likeness (QED) is 0.501. The minimum atomic E-state index is -0.520. The smallest absolute Gasteiger partial charge is 0.329 e. The summed E-state index contributed by atoms with van der Waals surface area (Å²) in [7, 11) is 1.54. The van der Waals surface area contributed by atoms with Crippen LogP contribution in [0.4, 0.5) is 0 Å². The van der Waals surface area contributed by atoms with Crippen molar-refractivity contribution < 1.29 is 9.21 Å². The number of oxazole rings is 1. The Bertz CT molecular complexity index is 1430. The molecule has 10 nitrogen and oxygen atoms in total. The Labute approximate surface area is 182 Å². The number of benzene rings is 1. The molecule has 1 saturated heterocycles. The molecule has 0 saturated carbocycles. The van der Waals surface area contributed by atoms with Gasteiger partial charge >= 0.3 is 5.69 Å². The van der Waals surface area contributed by atoms with Gasteiger partial charge in [-0.1, -0.05) is 12.1 Å². The molecule has 0 spiro atoms. The molecule has 32 heavy (non-hydrogen) atoms. The number of nitrogens with one attached hydrogen (secondary N) is 2. The number of aromatic nitrogens is 5. The number of rotatable bonds is 4. The summed E-state index contributed by atoms with van der Waals surface area (Å²) in [5.41, 5.74) is 2.28. The van der Waals surface area contributed by atoms with E-state index in [0.29, 0.717) is 25.3 Å². The van der Waals surface area contributed by atoms with Gasteiger partial charge in [0.25, 0.3) is 5.56 Å². The lowest BCUT2D eigenvalue weighted by Crippen LogP contribution is -2.38. The predicted molar refractivity (Wildman–Crippen MR) is 118 cm³/mol. The van der Waals surface area contributed by atoms with Gasteiger partial charge in [-0.05, 0) is 31.4 Å². The lowest BCUT2D eigenvalue weighted by molar-refractivity contribution is -0.132. The van der Waals surface area contributed by atoms with E-state index in [1.54, 1.807) is 7.05 Å². The maximum Gasteiger partial charge on any atom is 0.329 e. The highest BCUT2D eigenvalue weighted by Gasteiger charge is 2.27. The molecule has 4 aromatic rings. The number of para-hydroxylation sites is 1. The molecule has 1 aliphatic rings.